The molecule has 1 aromatic carbocycles. The Morgan fingerprint density at radius 1 is 1.41 bits per heavy atom. The highest BCUT2D eigenvalue weighted by Gasteiger charge is 2.26. The number of benzene rings is 1. The van der Waals surface area contributed by atoms with Crippen LogP contribution in [-0.4, -0.2) is 29.3 Å². The third kappa shape index (κ3) is 3.90. The number of carbonyl (C=O) groups is 1. The molecular formula is C13H17Cl2NO. The maximum absolute atomic E-state index is 12.1. The number of halogens is 2. The second kappa shape index (κ2) is 5.74. The minimum Gasteiger partial charge on any atom is -0.339 e. The van der Waals surface area contributed by atoms with Crippen molar-refractivity contribution in [2.24, 2.45) is 0 Å². The molecule has 1 aromatic rings. The van der Waals surface area contributed by atoms with E-state index in [-0.39, 0.29) is 11.4 Å². The van der Waals surface area contributed by atoms with Crippen molar-refractivity contribution in [3.63, 3.8) is 0 Å². The average Bonchev–Trinajstić information content (AvgIpc) is 2.28. The summed E-state index contributed by atoms with van der Waals surface area (Å²) in [6.07, 6.45) is 0.345. The van der Waals surface area contributed by atoms with Gasteiger partial charge in [0.2, 0.25) is 5.91 Å². The summed E-state index contributed by atoms with van der Waals surface area (Å²) in [5, 5.41) is 0.648. The van der Waals surface area contributed by atoms with Gasteiger partial charge in [-0.05, 0) is 31.5 Å². The van der Waals surface area contributed by atoms with Gasteiger partial charge >= 0.3 is 0 Å². The van der Waals surface area contributed by atoms with E-state index in [2.05, 4.69) is 0 Å². The van der Waals surface area contributed by atoms with E-state index in [1.165, 1.54) is 0 Å². The summed E-state index contributed by atoms with van der Waals surface area (Å²) in [7, 11) is 1.77. The molecule has 0 heterocycles. The van der Waals surface area contributed by atoms with Gasteiger partial charge in [0.25, 0.3) is 0 Å². The number of carbonyl (C=O) groups excluding carboxylic acids is 1. The van der Waals surface area contributed by atoms with E-state index in [9.17, 15) is 4.79 Å². The van der Waals surface area contributed by atoms with Gasteiger partial charge in [0.05, 0.1) is 12.0 Å². The highest BCUT2D eigenvalue weighted by molar-refractivity contribution is 6.30. The molecule has 2 nitrogen and oxygen atoms in total. The van der Waals surface area contributed by atoms with Gasteiger partial charge < -0.3 is 4.90 Å². The first kappa shape index (κ1) is 14.3. The van der Waals surface area contributed by atoms with Crippen LogP contribution in [-0.2, 0) is 11.2 Å². The van der Waals surface area contributed by atoms with Crippen LogP contribution in [0.3, 0.4) is 0 Å². The summed E-state index contributed by atoms with van der Waals surface area (Å²) in [5.41, 5.74) is 0.580. The standard InChI is InChI=1S/C13H17Cl2NO/c1-13(2,9-14)16(3)12(17)8-10-5-4-6-11(15)7-10/h4-7H,8-9H2,1-3H3. The van der Waals surface area contributed by atoms with E-state index < -0.39 is 0 Å². The number of likely N-dealkylation sites (N-methyl/N-ethyl adjacent to an activating group) is 1. The van der Waals surface area contributed by atoms with Crippen molar-refractivity contribution in [3.8, 4) is 0 Å². The predicted octanol–water partition coefficient (Wildman–Crippen LogP) is 3.36. The van der Waals surface area contributed by atoms with E-state index in [1.807, 2.05) is 26.0 Å². The van der Waals surface area contributed by atoms with Crippen molar-refractivity contribution in [2.45, 2.75) is 25.8 Å². The van der Waals surface area contributed by atoms with Crippen LogP contribution in [0.2, 0.25) is 5.02 Å². The highest BCUT2D eigenvalue weighted by atomic mass is 35.5. The number of nitrogens with zero attached hydrogens (tertiary/aromatic N) is 1. The summed E-state index contributed by atoms with van der Waals surface area (Å²) in [5.74, 6) is 0.447. The fourth-order valence-electron chi connectivity index (χ4n) is 1.37. The molecule has 0 aromatic heterocycles. The molecule has 1 rings (SSSR count). The first-order valence-electron chi connectivity index (χ1n) is 5.44. The Hall–Kier alpha value is -0.730. The minimum absolute atomic E-state index is 0.0397. The lowest BCUT2D eigenvalue weighted by atomic mass is 10.0. The van der Waals surface area contributed by atoms with Crippen LogP contribution < -0.4 is 0 Å². The molecule has 0 aliphatic carbocycles. The molecule has 0 aliphatic heterocycles. The summed E-state index contributed by atoms with van der Waals surface area (Å²) in [6.45, 7) is 3.88. The maximum Gasteiger partial charge on any atom is 0.227 e. The minimum atomic E-state index is -0.336. The Morgan fingerprint density at radius 2 is 2.06 bits per heavy atom. The topological polar surface area (TPSA) is 20.3 Å². The van der Waals surface area contributed by atoms with Crippen molar-refractivity contribution in [1.82, 2.24) is 4.90 Å². The van der Waals surface area contributed by atoms with E-state index in [1.54, 1.807) is 24.1 Å². The SMILES string of the molecule is CN(C(=O)Cc1cccc(Cl)c1)C(C)(C)CCl. The van der Waals surface area contributed by atoms with E-state index in [0.717, 1.165) is 5.56 Å². The Bertz CT molecular complexity index is 404. The normalized spacial score (nSPS) is 11.4. The van der Waals surface area contributed by atoms with E-state index >= 15 is 0 Å². The third-order valence-corrected chi connectivity index (χ3v) is 3.74. The van der Waals surface area contributed by atoms with E-state index in [4.69, 9.17) is 23.2 Å². The molecule has 0 bridgehead atoms. The van der Waals surface area contributed by atoms with Crippen LogP contribution in [0.4, 0.5) is 0 Å². The van der Waals surface area contributed by atoms with Gasteiger partial charge in [-0.25, -0.2) is 0 Å². The molecule has 0 aliphatic rings. The zero-order valence-electron chi connectivity index (χ0n) is 10.3. The second-order valence-electron chi connectivity index (χ2n) is 4.71. The van der Waals surface area contributed by atoms with Crippen LogP contribution in [0, 0.1) is 0 Å². The van der Waals surface area contributed by atoms with Gasteiger partial charge in [-0.15, -0.1) is 11.6 Å². The zero-order valence-corrected chi connectivity index (χ0v) is 11.8. The summed E-state index contributed by atoms with van der Waals surface area (Å²) < 4.78 is 0. The van der Waals surface area contributed by atoms with Crippen molar-refractivity contribution >= 4 is 29.1 Å². The summed E-state index contributed by atoms with van der Waals surface area (Å²) >= 11 is 11.7. The van der Waals surface area contributed by atoms with Crippen molar-refractivity contribution in [2.75, 3.05) is 12.9 Å². The highest BCUT2D eigenvalue weighted by Crippen LogP contribution is 2.17. The molecule has 0 unspecified atom stereocenters. The fraction of sp³-hybridized carbons (Fsp3) is 0.462. The van der Waals surface area contributed by atoms with Crippen LogP contribution in [0.5, 0.6) is 0 Å². The molecule has 0 atom stereocenters. The fourth-order valence-corrected chi connectivity index (χ4v) is 1.76. The molecule has 0 spiro atoms. The van der Waals surface area contributed by atoms with Gasteiger partial charge in [0, 0.05) is 18.0 Å². The summed E-state index contributed by atoms with van der Waals surface area (Å²) in [6, 6.07) is 7.34. The number of alkyl halides is 1. The largest absolute Gasteiger partial charge is 0.339 e. The molecule has 1 amide bonds. The monoisotopic (exact) mass is 273 g/mol. The lowest BCUT2D eigenvalue weighted by molar-refractivity contribution is -0.133. The predicted molar refractivity (Wildman–Crippen MR) is 72.7 cm³/mol. The first-order valence-corrected chi connectivity index (χ1v) is 6.35. The molecule has 0 saturated heterocycles. The molecular weight excluding hydrogens is 257 g/mol. The van der Waals surface area contributed by atoms with Gasteiger partial charge in [-0.1, -0.05) is 23.7 Å². The average molecular weight is 274 g/mol. The molecule has 94 valence electrons. The number of hydrogen-bond acceptors (Lipinski definition) is 1. The number of rotatable bonds is 4. The van der Waals surface area contributed by atoms with Crippen molar-refractivity contribution < 1.29 is 4.79 Å². The molecule has 0 N–H and O–H groups in total. The smallest absolute Gasteiger partial charge is 0.227 e. The van der Waals surface area contributed by atoms with Crippen LogP contribution in [0.25, 0.3) is 0 Å². The van der Waals surface area contributed by atoms with Crippen LogP contribution in [0.1, 0.15) is 19.4 Å². The quantitative estimate of drug-likeness (QED) is 0.771. The van der Waals surface area contributed by atoms with Gasteiger partial charge in [0.15, 0.2) is 0 Å². The first-order chi connectivity index (χ1) is 7.86. The Morgan fingerprint density at radius 3 is 2.59 bits per heavy atom. The lowest BCUT2D eigenvalue weighted by Crippen LogP contribution is -2.47. The van der Waals surface area contributed by atoms with Gasteiger partial charge in [-0.2, -0.15) is 0 Å². The molecule has 0 fully saturated rings. The van der Waals surface area contributed by atoms with E-state index in [0.29, 0.717) is 17.3 Å². The molecule has 17 heavy (non-hydrogen) atoms. The van der Waals surface area contributed by atoms with Crippen molar-refractivity contribution in [3.05, 3.63) is 34.9 Å². The maximum atomic E-state index is 12.1. The Kier molecular flexibility index (Phi) is 4.84. The van der Waals surface area contributed by atoms with Gasteiger partial charge in [-0.3, -0.25) is 4.79 Å². The van der Waals surface area contributed by atoms with Crippen molar-refractivity contribution in [1.29, 1.82) is 0 Å². The summed E-state index contributed by atoms with van der Waals surface area (Å²) in [4.78, 5) is 13.7. The molecule has 0 radical (unpaired) electrons. The third-order valence-electron chi connectivity index (χ3n) is 2.85. The van der Waals surface area contributed by atoms with Gasteiger partial charge in [0.1, 0.15) is 0 Å². The number of amides is 1. The lowest BCUT2D eigenvalue weighted by Gasteiger charge is -2.34. The Labute approximate surface area is 113 Å². The van der Waals surface area contributed by atoms with Crippen LogP contribution in [0.15, 0.2) is 24.3 Å². The molecule has 4 heteroatoms. The Balaban J connectivity index is 2.73. The van der Waals surface area contributed by atoms with Crippen LogP contribution >= 0.6 is 23.2 Å². The zero-order chi connectivity index (χ0) is 13.1. The molecule has 0 saturated carbocycles. The second-order valence-corrected chi connectivity index (χ2v) is 5.41. The number of hydrogen-bond donors (Lipinski definition) is 0.